The summed E-state index contributed by atoms with van der Waals surface area (Å²) in [6.45, 7) is 0. The minimum absolute atomic E-state index is 0.611. The Morgan fingerprint density at radius 1 is 1.29 bits per heavy atom. The van der Waals surface area contributed by atoms with Crippen molar-refractivity contribution in [2.24, 2.45) is 0 Å². The Bertz CT molecular complexity index is 520. The number of nitrogens with zero attached hydrogens (tertiary/aromatic N) is 1. The second kappa shape index (κ2) is 7.64. The predicted octanol–water partition coefficient (Wildman–Crippen LogP) is 4.71. The van der Waals surface area contributed by atoms with Gasteiger partial charge < -0.3 is 10.0 Å². The summed E-state index contributed by atoms with van der Waals surface area (Å²) in [7, 11) is 2.16. The number of anilines is 1. The third-order valence-corrected chi connectivity index (χ3v) is 4.86. The smallest absolute Gasteiger partial charge is 0.328 e. The lowest BCUT2D eigenvalue weighted by Gasteiger charge is -2.29. The average Bonchev–Trinajstić information content (AvgIpc) is 2.74. The standard InChI is InChI=1S/C17H22BrNO2/c1-19(14-6-4-2-3-5-7-14)15-10-8-13(16(18)12-15)9-11-17(20)21/h8-12,14H,2-7H2,1H3,(H,20,21)/b11-9+. The van der Waals surface area contributed by atoms with E-state index in [2.05, 4.69) is 40.0 Å². The summed E-state index contributed by atoms with van der Waals surface area (Å²) in [5.41, 5.74) is 2.07. The minimum Gasteiger partial charge on any atom is -0.478 e. The number of halogens is 1. The van der Waals surface area contributed by atoms with Gasteiger partial charge in [0.05, 0.1) is 0 Å². The molecule has 1 aliphatic carbocycles. The van der Waals surface area contributed by atoms with Crippen molar-refractivity contribution in [1.29, 1.82) is 0 Å². The maximum Gasteiger partial charge on any atom is 0.328 e. The highest BCUT2D eigenvalue weighted by atomic mass is 79.9. The zero-order chi connectivity index (χ0) is 15.2. The Labute approximate surface area is 134 Å². The summed E-state index contributed by atoms with van der Waals surface area (Å²) in [6, 6.07) is 6.72. The van der Waals surface area contributed by atoms with Crippen LogP contribution in [0.1, 0.15) is 44.1 Å². The first-order chi connectivity index (χ1) is 10.1. The minimum atomic E-state index is -0.929. The van der Waals surface area contributed by atoms with E-state index in [0.717, 1.165) is 16.1 Å². The molecule has 0 unspecified atom stereocenters. The van der Waals surface area contributed by atoms with Crippen LogP contribution in [0.15, 0.2) is 28.7 Å². The average molecular weight is 352 g/mol. The zero-order valence-corrected chi connectivity index (χ0v) is 14.0. The number of hydrogen-bond acceptors (Lipinski definition) is 2. The van der Waals surface area contributed by atoms with E-state index in [1.807, 2.05) is 6.07 Å². The van der Waals surface area contributed by atoms with Crippen molar-refractivity contribution in [3.63, 3.8) is 0 Å². The molecule has 0 saturated heterocycles. The van der Waals surface area contributed by atoms with E-state index in [4.69, 9.17) is 5.11 Å². The van der Waals surface area contributed by atoms with Gasteiger partial charge in [-0.3, -0.25) is 0 Å². The highest BCUT2D eigenvalue weighted by Gasteiger charge is 2.17. The molecule has 1 aromatic carbocycles. The molecule has 1 saturated carbocycles. The van der Waals surface area contributed by atoms with Crippen molar-refractivity contribution >= 4 is 33.7 Å². The summed E-state index contributed by atoms with van der Waals surface area (Å²) in [5.74, 6) is -0.929. The quantitative estimate of drug-likeness (QED) is 0.630. The molecule has 0 atom stereocenters. The van der Waals surface area contributed by atoms with Crippen molar-refractivity contribution in [1.82, 2.24) is 0 Å². The highest BCUT2D eigenvalue weighted by molar-refractivity contribution is 9.10. The van der Waals surface area contributed by atoms with Crippen molar-refractivity contribution in [2.75, 3.05) is 11.9 Å². The Morgan fingerprint density at radius 2 is 1.95 bits per heavy atom. The number of carbonyl (C=O) groups is 1. The fraction of sp³-hybridized carbons (Fsp3) is 0.471. The summed E-state index contributed by atoms with van der Waals surface area (Å²) in [4.78, 5) is 12.9. The number of carboxylic acids is 1. The van der Waals surface area contributed by atoms with Gasteiger partial charge >= 0.3 is 5.97 Å². The summed E-state index contributed by atoms with van der Waals surface area (Å²) in [5, 5.41) is 8.69. The summed E-state index contributed by atoms with van der Waals surface area (Å²) < 4.78 is 0.929. The van der Waals surface area contributed by atoms with Crippen LogP contribution in [0.5, 0.6) is 0 Å². The van der Waals surface area contributed by atoms with E-state index in [0.29, 0.717) is 6.04 Å². The topological polar surface area (TPSA) is 40.5 Å². The normalized spacial score (nSPS) is 16.9. The predicted molar refractivity (Wildman–Crippen MR) is 90.7 cm³/mol. The third kappa shape index (κ3) is 4.60. The Balaban J connectivity index is 2.12. The first-order valence-corrected chi connectivity index (χ1v) is 8.30. The van der Waals surface area contributed by atoms with Crippen LogP contribution in [0, 0.1) is 0 Å². The van der Waals surface area contributed by atoms with Gasteiger partial charge in [0, 0.05) is 29.3 Å². The van der Waals surface area contributed by atoms with Gasteiger partial charge in [-0.1, -0.05) is 47.7 Å². The van der Waals surface area contributed by atoms with Gasteiger partial charge in [-0.2, -0.15) is 0 Å². The molecule has 1 fully saturated rings. The molecule has 1 N–H and O–H groups in total. The lowest BCUT2D eigenvalue weighted by Crippen LogP contribution is -2.31. The molecule has 2 rings (SSSR count). The van der Waals surface area contributed by atoms with Crippen LogP contribution >= 0.6 is 15.9 Å². The van der Waals surface area contributed by atoms with E-state index < -0.39 is 5.97 Å². The maximum absolute atomic E-state index is 10.6. The van der Waals surface area contributed by atoms with Crippen LogP contribution in [0.25, 0.3) is 6.08 Å². The first-order valence-electron chi connectivity index (χ1n) is 7.51. The van der Waals surface area contributed by atoms with Crippen molar-refractivity contribution in [2.45, 2.75) is 44.6 Å². The molecule has 0 spiro atoms. The summed E-state index contributed by atoms with van der Waals surface area (Å²) >= 11 is 3.53. The van der Waals surface area contributed by atoms with E-state index in [1.54, 1.807) is 6.08 Å². The second-order valence-electron chi connectivity index (χ2n) is 5.63. The highest BCUT2D eigenvalue weighted by Crippen LogP contribution is 2.29. The molecule has 3 nitrogen and oxygen atoms in total. The Kier molecular flexibility index (Phi) is 5.85. The van der Waals surface area contributed by atoms with Crippen molar-refractivity contribution in [3.8, 4) is 0 Å². The molecule has 0 amide bonds. The van der Waals surface area contributed by atoms with Crippen LogP contribution < -0.4 is 4.90 Å². The largest absolute Gasteiger partial charge is 0.478 e. The number of carboxylic acid groups (broad SMARTS) is 1. The van der Waals surface area contributed by atoms with E-state index in [9.17, 15) is 4.79 Å². The van der Waals surface area contributed by atoms with Crippen LogP contribution in [-0.2, 0) is 4.79 Å². The SMILES string of the molecule is CN(c1ccc(/C=C/C(=O)O)c(Br)c1)C1CCCCCC1. The molecule has 0 bridgehead atoms. The molecule has 0 aliphatic heterocycles. The molecular weight excluding hydrogens is 330 g/mol. The molecule has 0 aromatic heterocycles. The van der Waals surface area contributed by atoms with E-state index in [-0.39, 0.29) is 0 Å². The van der Waals surface area contributed by atoms with Crippen molar-refractivity contribution in [3.05, 3.63) is 34.3 Å². The molecule has 114 valence electrons. The van der Waals surface area contributed by atoms with Gasteiger partial charge in [-0.05, 0) is 36.6 Å². The fourth-order valence-electron chi connectivity index (χ4n) is 2.89. The molecular formula is C17H22BrNO2. The van der Waals surface area contributed by atoms with Gasteiger partial charge in [0.15, 0.2) is 0 Å². The molecule has 0 radical (unpaired) electrons. The van der Waals surface area contributed by atoms with E-state index >= 15 is 0 Å². The number of rotatable bonds is 4. The molecule has 1 aliphatic rings. The molecule has 0 heterocycles. The molecule has 4 heteroatoms. The van der Waals surface area contributed by atoms with Crippen molar-refractivity contribution < 1.29 is 9.90 Å². The van der Waals surface area contributed by atoms with Crippen LogP contribution in [0.2, 0.25) is 0 Å². The van der Waals surface area contributed by atoms with Crippen LogP contribution in [0.3, 0.4) is 0 Å². The van der Waals surface area contributed by atoms with E-state index in [1.165, 1.54) is 44.2 Å². The maximum atomic E-state index is 10.6. The van der Waals surface area contributed by atoms with Gasteiger partial charge in [0.1, 0.15) is 0 Å². The van der Waals surface area contributed by atoms with Gasteiger partial charge in [-0.15, -0.1) is 0 Å². The lowest BCUT2D eigenvalue weighted by molar-refractivity contribution is -0.131. The monoisotopic (exact) mass is 351 g/mol. The second-order valence-corrected chi connectivity index (χ2v) is 6.49. The number of hydrogen-bond donors (Lipinski definition) is 1. The van der Waals surface area contributed by atoms with Crippen LogP contribution in [0.4, 0.5) is 5.69 Å². The Morgan fingerprint density at radius 3 is 2.52 bits per heavy atom. The number of benzene rings is 1. The number of aliphatic carboxylic acids is 1. The third-order valence-electron chi connectivity index (χ3n) is 4.17. The zero-order valence-electron chi connectivity index (χ0n) is 12.4. The Hall–Kier alpha value is -1.29. The van der Waals surface area contributed by atoms with Crippen LogP contribution in [-0.4, -0.2) is 24.2 Å². The van der Waals surface area contributed by atoms with Gasteiger partial charge in [0.25, 0.3) is 0 Å². The molecule has 21 heavy (non-hydrogen) atoms. The fourth-order valence-corrected chi connectivity index (χ4v) is 3.39. The van der Waals surface area contributed by atoms with Gasteiger partial charge in [0.2, 0.25) is 0 Å². The molecule has 1 aromatic rings. The first kappa shape index (κ1) is 16.1. The lowest BCUT2D eigenvalue weighted by atomic mass is 10.1. The summed E-state index contributed by atoms with van der Waals surface area (Å²) in [6.07, 6.45) is 10.6. The van der Waals surface area contributed by atoms with Gasteiger partial charge in [-0.25, -0.2) is 4.79 Å².